The van der Waals surface area contributed by atoms with Crippen LogP contribution in [0.5, 0.6) is 5.75 Å². The summed E-state index contributed by atoms with van der Waals surface area (Å²) in [5, 5.41) is 6.15. The van der Waals surface area contributed by atoms with Crippen molar-refractivity contribution in [3.63, 3.8) is 0 Å². The third-order valence-electron chi connectivity index (χ3n) is 4.12. The maximum Gasteiger partial charge on any atom is 0.387 e. The van der Waals surface area contributed by atoms with E-state index >= 15 is 0 Å². The highest BCUT2D eigenvalue weighted by molar-refractivity contribution is 5.80. The molecular formula is C15H18F2N2O2. The molecule has 2 aliphatic rings. The van der Waals surface area contributed by atoms with Gasteiger partial charge in [-0.3, -0.25) is 4.79 Å². The third-order valence-corrected chi connectivity index (χ3v) is 4.12. The van der Waals surface area contributed by atoms with Crippen LogP contribution in [0.25, 0.3) is 0 Å². The molecule has 0 spiro atoms. The number of carbonyl (C=O) groups excluding carboxylic acids is 1. The lowest BCUT2D eigenvalue weighted by Crippen LogP contribution is -2.51. The van der Waals surface area contributed by atoms with Crippen molar-refractivity contribution in [1.29, 1.82) is 0 Å². The van der Waals surface area contributed by atoms with Gasteiger partial charge in [0.05, 0.1) is 12.0 Å². The number of alkyl halides is 2. The molecule has 1 aliphatic carbocycles. The summed E-state index contributed by atoms with van der Waals surface area (Å²) >= 11 is 0. The minimum absolute atomic E-state index is 0.0255. The Labute approximate surface area is 121 Å². The smallest absolute Gasteiger partial charge is 0.387 e. The van der Waals surface area contributed by atoms with Gasteiger partial charge in [-0.2, -0.15) is 8.78 Å². The maximum absolute atomic E-state index is 12.3. The highest BCUT2D eigenvalue weighted by Gasteiger charge is 2.29. The minimum atomic E-state index is -2.81. The van der Waals surface area contributed by atoms with Crippen LogP contribution in [0, 0.1) is 5.92 Å². The first-order valence-corrected chi connectivity index (χ1v) is 7.22. The van der Waals surface area contributed by atoms with E-state index in [4.69, 9.17) is 0 Å². The highest BCUT2D eigenvalue weighted by Crippen LogP contribution is 2.32. The Kier molecular flexibility index (Phi) is 4.05. The number of rotatable bonds is 4. The van der Waals surface area contributed by atoms with Gasteiger partial charge in [-0.25, -0.2) is 0 Å². The van der Waals surface area contributed by atoms with Crippen LogP contribution < -0.4 is 15.4 Å². The number of hydrogen-bond donors (Lipinski definition) is 2. The van der Waals surface area contributed by atoms with Gasteiger partial charge in [0.25, 0.3) is 0 Å². The number of fused-ring (bicyclic) bond motifs is 1. The molecule has 3 rings (SSSR count). The summed E-state index contributed by atoms with van der Waals surface area (Å²) in [7, 11) is 0. The standard InChI is InChI=1S/C15H18F2N2O2/c16-15(17)21-11-4-5-12-9(6-11)2-1-3-13(12)19-14(20)10-7-18-8-10/h4-6,10,13,15,18H,1-3,7-8H2,(H,19,20). The molecule has 1 aromatic carbocycles. The van der Waals surface area contributed by atoms with E-state index in [-0.39, 0.29) is 23.6 Å². The van der Waals surface area contributed by atoms with Crippen molar-refractivity contribution in [3.05, 3.63) is 29.3 Å². The normalized spacial score (nSPS) is 21.6. The van der Waals surface area contributed by atoms with Crippen molar-refractivity contribution >= 4 is 5.91 Å². The summed E-state index contributed by atoms with van der Waals surface area (Å²) in [4.78, 5) is 12.0. The van der Waals surface area contributed by atoms with Gasteiger partial charge in [0.15, 0.2) is 0 Å². The Hall–Kier alpha value is -1.69. The second-order valence-electron chi connectivity index (χ2n) is 5.55. The molecule has 1 heterocycles. The fourth-order valence-corrected chi connectivity index (χ4v) is 2.88. The average Bonchev–Trinajstić information content (AvgIpc) is 2.35. The number of amides is 1. The van der Waals surface area contributed by atoms with Crippen molar-refractivity contribution < 1.29 is 18.3 Å². The summed E-state index contributed by atoms with van der Waals surface area (Å²) in [6, 6.07) is 4.96. The molecule has 1 fully saturated rings. The molecule has 0 bridgehead atoms. The molecule has 1 aromatic rings. The van der Waals surface area contributed by atoms with E-state index in [9.17, 15) is 13.6 Å². The van der Waals surface area contributed by atoms with E-state index < -0.39 is 6.61 Å². The predicted molar refractivity (Wildman–Crippen MR) is 73.3 cm³/mol. The molecule has 1 atom stereocenters. The van der Waals surface area contributed by atoms with Gasteiger partial charge in [0.2, 0.25) is 5.91 Å². The van der Waals surface area contributed by atoms with Crippen LogP contribution in [-0.4, -0.2) is 25.6 Å². The molecule has 114 valence electrons. The van der Waals surface area contributed by atoms with E-state index in [1.807, 2.05) is 0 Å². The molecule has 0 aromatic heterocycles. The zero-order valence-corrected chi connectivity index (χ0v) is 11.6. The first-order valence-electron chi connectivity index (χ1n) is 7.22. The van der Waals surface area contributed by atoms with Crippen LogP contribution in [-0.2, 0) is 11.2 Å². The predicted octanol–water partition coefficient (Wildman–Crippen LogP) is 2.00. The van der Waals surface area contributed by atoms with Crippen LogP contribution in [0.1, 0.15) is 30.0 Å². The molecular weight excluding hydrogens is 278 g/mol. The van der Waals surface area contributed by atoms with Gasteiger partial charge < -0.3 is 15.4 Å². The topological polar surface area (TPSA) is 50.4 Å². The number of aryl methyl sites for hydroxylation is 1. The maximum atomic E-state index is 12.3. The van der Waals surface area contributed by atoms with Gasteiger partial charge in [0.1, 0.15) is 5.75 Å². The summed E-state index contributed by atoms with van der Waals surface area (Å²) in [5.41, 5.74) is 2.00. The number of carbonyl (C=O) groups is 1. The van der Waals surface area contributed by atoms with Gasteiger partial charge in [-0.1, -0.05) is 6.07 Å². The Morgan fingerprint density at radius 2 is 2.19 bits per heavy atom. The van der Waals surface area contributed by atoms with Crippen molar-refractivity contribution in [2.75, 3.05) is 13.1 Å². The fourth-order valence-electron chi connectivity index (χ4n) is 2.88. The minimum Gasteiger partial charge on any atom is -0.435 e. The largest absolute Gasteiger partial charge is 0.435 e. The van der Waals surface area contributed by atoms with E-state index in [1.165, 1.54) is 0 Å². The second-order valence-corrected chi connectivity index (χ2v) is 5.55. The van der Waals surface area contributed by atoms with Crippen molar-refractivity contribution in [1.82, 2.24) is 10.6 Å². The third kappa shape index (κ3) is 3.15. The van der Waals surface area contributed by atoms with Gasteiger partial charge in [-0.05, 0) is 42.5 Å². The van der Waals surface area contributed by atoms with Crippen molar-refractivity contribution in [2.24, 2.45) is 5.92 Å². The molecule has 1 saturated heterocycles. The lowest BCUT2D eigenvalue weighted by atomic mass is 9.87. The number of hydrogen-bond acceptors (Lipinski definition) is 3. The lowest BCUT2D eigenvalue weighted by Gasteiger charge is -2.31. The summed E-state index contributed by atoms with van der Waals surface area (Å²) < 4.78 is 28.9. The molecule has 21 heavy (non-hydrogen) atoms. The molecule has 4 nitrogen and oxygen atoms in total. The first-order chi connectivity index (χ1) is 10.1. The molecule has 0 saturated carbocycles. The van der Waals surface area contributed by atoms with Crippen LogP contribution in [0.2, 0.25) is 0 Å². The zero-order chi connectivity index (χ0) is 14.8. The van der Waals surface area contributed by atoms with Gasteiger partial charge in [0, 0.05) is 13.1 Å². The molecule has 6 heteroatoms. The quantitative estimate of drug-likeness (QED) is 0.893. The SMILES string of the molecule is O=C(NC1CCCc2cc(OC(F)F)ccc21)C1CNC1. The first kappa shape index (κ1) is 14.3. The molecule has 2 N–H and O–H groups in total. The van der Waals surface area contributed by atoms with E-state index in [0.717, 1.165) is 43.5 Å². The van der Waals surface area contributed by atoms with Crippen LogP contribution >= 0.6 is 0 Å². The van der Waals surface area contributed by atoms with Crippen LogP contribution in [0.4, 0.5) is 8.78 Å². The van der Waals surface area contributed by atoms with Crippen molar-refractivity contribution in [2.45, 2.75) is 31.9 Å². The Balaban J connectivity index is 1.73. The summed E-state index contributed by atoms with van der Waals surface area (Å²) in [5.74, 6) is 0.301. The van der Waals surface area contributed by atoms with E-state index in [1.54, 1.807) is 18.2 Å². The Morgan fingerprint density at radius 1 is 1.38 bits per heavy atom. The van der Waals surface area contributed by atoms with E-state index in [0.29, 0.717) is 0 Å². The van der Waals surface area contributed by atoms with E-state index in [2.05, 4.69) is 15.4 Å². The summed E-state index contributed by atoms with van der Waals surface area (Å²) in [6.45, 7) is -1.35. The van der Waals surface area contributed by atoms with Crippen molar-refractivity contribution in [3.8, 4) is 5.75 Å². The molecule has 1 unspecified atom stereocenters. The number of nitrogens with one attached hydrogen (secondary N) is 2. The van der Waals surface area contributed by atoms with Gasteiger partial charge >= 0.3 is 6.61 Å². The molecule has 1 amide bonds. The Morgan fingerprint density at radius 3 is 2.86 bits per heavy atom. The monoisotopic (exact) mass is 296 g/mol. The number of benzene rings is 1. The Bertz CT molecular complexity index is 532. The highest BCUT2D eigenvalue weighted by atomic mass is 19.3. The van der Waals surface area contributed by atoms with Crippen LogP contribution in [0.15, 0.2) is 18.2 Å². The number of ether oxygens (including phenoxy) is 1. The zero-order valence-electron chi connectivity index (χ0n) is 11.6. The van der Waals surface area contributed by atoms with Gasteiger partial charge in [-0.15, -0.1) is 0 Å². The molecule has 1 aliphatic heterocycles. The summed E-state index contributed by atoms with van der Waals surface area (Å²) in [6.07, 6.45) is 2.64. The second kappa shape index (κ2) is 5.97. The average molecular weight is 296 g/mol. The molecule has 0 radical (unpaired) electrons. The lowest BCUT2D eigenvalue weighted by molar-refractivity contribution is -0.127. The van der Waals surface area contributed by atoms with Crippen LogP contribution in [0.3, 0.4) is 0 Å². The fraction of sp³-hybridized carbons (Fsp3) is 0.533. The number of halogens is 2.